The van der Waals surface area contributed by atoms with Crippen LogP contribution in [0.25, 0.3) is 0 Å². The van der Waals surface area contributed by atoms with E-state index in [2.05, 4.69) is 25.5 Å². The standard InChI is InChI=1S/C33H43ClF2N6O3/c1-20-14-27(42(40-20)31(3,4)5)39-26-15-23(18-37-44)29(36)25(38-26)17-33(30(43)45-32(6,7)8)12-13-41(21(2)16-33)19-22-10-9-11-24(34)28(22)35/h9-11,14-15,18,21,44H,12-13,16-17,19H2,1-8H3,(H,38,39)/b37-18+. The monoisotopic (exact) mass is 644 g/mol. The van der Waals surface area contributed by atoms with Crippen molar-refractivity contribution in [3.05, 3.63) is 69.5 Å². The fourth-order valence-corrected chi connectivity index (χ4v) is 5.99. The van der Waals surface area contributed by atoms with Crippen molar-refractivity contribution in [3.63, 3.8) is 0 Å². The smallest absolute Gasteiger partial charge is 0.313 e. The Morgan fingerprint density at radius 1 is 1.22 bits per heavy atom. The number of piperidine rings is 1. The van der Waals surface area contributed by atoms with Gasteiger partial charge in [-0.1, -0.05) is 28.9 Å². The maximum absolute atomic E-state index is 16.0. The molecule has 1 aromatic carbocycles. The normalized spacial score (nSPS) is 19.7. The molecule has 0 radical (unpaired) electrons. The third-order valence-electron chi connectivity index (χ3n) is 7.90. The number of esters is 1. The Morgan fingerprint density at radius 3 is 2.56 bits per heavy atom. The molecule has 2 unspecified atom stereocenters. The van der Waals surface area contributed by atoms with Crippen LogP contribution in [0.3, 0.4) is 0 Å². The Morgan fingerprint density at radius 2 is 1.93 bits per heavy atom. The molecule has 1 aliphatic rings. The zero-order chi connectivity index (χ0) is 33.3. The van der Waals surface area contributed by atoms with Gasteiger partial charge in [0.15, 0.2) is 5.82 Å². The average molecular weight is 645 g/mol. The molecular formula is C33H43ClF2N6O3. The largest absolute Gasteiger partial charge is 0.460 e. The van der Waals surface area contributed by atoms with Crippen LogP contribution in [0.1, 0.15) is 83.8 Å². The molecule has 0 spiro atoms. The number of oxime groups is 1. The first-order valence-electron chi connectivity index (χ1n) is 15.0. The number of carbonyl (C=O) groups is 1. The van der Waals surface area contributed by atoms with Crippen molar-refractivity contribution in [2.24, 2.45) is 10.6 Å². The van der Waals surface area contributed by atoms with Gasteiger partial charge in [0.2, 0.25) is 0 Å². The summed E-state index contributed by atoms with van der Waals surface area (Å²) < 4.78 is 38.5. The quantitative estimate of drug-likeness (QED) is 0.114. The van der Waals surface area contributed by atoms with E-state index in [1.54, 1.807) is 32.9 Å². The van der Waals surface area contributed by atoms with Crippen LogP contribution in [0.5, 0.6) is 0 Å². The van der Waals surface area contributed by atoms with Crippen LogP contribution in [-0.2, 0) is 28.0 Å². The minimum absolute atomic E-state index is 0.00444. The second kappa shape index (κ2) is 13.0. The van der Waals surface area contributed by atoms with Gasteiger partial charge in [0.05, 0.1) is 33.6 Å². The van der Waals surface area contributed by atoms with Gasteiger partial charge in [-0.15, -0.1) is 0 Å². The molecule has 45 heavy (non-hydrogen) atoms. The summed E-state index contributed by atoms with van der Waals surface area (Å²) in [5, 5.41) is 20.3. The van der Waals surface area contributed by atoms with Crippen molar-refractivity contribution in [2.75, 3.05) is 11.9 Å². The van der Waals surface area contributed by atoms with Gasteiger partial charge in [0.1, 0.15) is 23.1 Å². The molecule has 3 heterocycles. The van der Waals surface area contributed by atoms with E-state index in [0.29, 0.717) is 43.1 Å². The first-order valence-corrected chi connectivity index (χ1v) is 15.4. The van der Waals surface area contributed by atoms with Crippen molar-refractivity contribution in [3.8, 4) is 0 Å². The number of nitrogens with zero attached hydrogens (tertiary/aromatic N) is 5. The van der Waals surface area contributed by atoms with E-state index in [9.17, 15) is 14.4 Å². The van der Waals surface area contributed by atoms with Gasteiger partial charge in [0, 0.05) is 36.2 Å². The van der Waals surface area contributed by atoms with E-state index >= 15 is 4.39 Å². The first kappa shape index (κ1) is 34.3. The molecule has 1 fully saturated rings. The number of aromatic nitrogens is 3. The van der Waals surface area contributed by atoms with Crippen LogP contribution in [0.2, 0.25) is 5.02 Å². The van der Waals surface area contributed by atoms with E-state index < -0.39 is 28.6 Å². The first-order chi connectivity index (χ1) is 20.9. The number of hydrogen-bond donors (Lipinski definition) is 2. The predicted molar refractivity (Wildman–Crippen MR) is 171 cm³/mol. The number of rotatable bonds is 8. The summed E-state index contributed by atoms with van der Waals surface area (Å²) in [7, 11) is 0. The number of likely N-dealkylation sites (tertiary alicyclic amines) is 1. The average Bonchev–Trinajstić information content (AvgIpc) is 3.30. The third kappa shape index (κ3) is 7.99. The topological polar surface area (TPSA) is 105 Å². The molecule has 9 nitrogen and oxygen atoms in total. The maximum Gasteiger partial charge on any atom is 0.313 e. The number of ether oxygens (including phenoxy) is 1. The molecule has 0 aliphatic carbocycles. The molecule has 1 saturated heterocycles. The van der Waals surface area contributed by atoms with Crippen molar-refractivity contribution in [1.29, 1.82) is 0 Å². The summed E-state index contributed by atoms with van der Waals surface area (Å²) in [4.78, 5) is 20.7. The van der Waals surface area contributed by atoms with Crippen molar-refractivity contribution < 1.29 is 23.5 Å². The lowest BCUT2D eigenvalue weighted by molar-refractivity contribution is -0.172. The second-order valence-corrected chi connectivity index (χ2v) is 14.3. The summed E-state index contributed by atoms with van der Waals surface area (Å²) in [6.07, 6.45) is 1.59. The number of carbonyl (C=O) groups excluding carboxylic acids is 1. The summed E-state index contributed by atoms with van der Waals surface area (Å²) in [6.45, 7) is 16.0. The molecule has 4 rings (SSSR count). The van der Waals surface area contributed by atoms with Gasteiger partial charge < -0.3 is 15.3 Å². The van der Waals surface area contributed by atoms with Gasteiger partial charge in [-0.2, -0.15) is 5.10 Å². The number of halogens is 3. The number of aryl methyl sites for hydroxylation is 1. The van der Waals surface area contributed by atoms with Gasteiger partial charge >= 0.3 is 5.97 Å². The number of pyridine rings is 1. The number of hydrogen-bond acceptors (Lipinski definition) is 8. The van der Waals surface area contributed by atoms with Crippen LogP contribution in [0.15, 0.2) is 35.5 Å². The lowest BCUT2D eigenvalue weighted by atomic mass is 9.71. The Bertz CT molecular complexity index is 1580. The van der Waals surface area contributed by atoms with Gasteiger partial charge in [-0.25, -0.2) is 18.4 Å². The lowest BCUT2D eigenvalue weighted by Crippen LogP contribution is -2.51. The van der Waals surface area contributed by atoms with Crippen molar-refractivity contribution >= 4 is 35.4 Å². The molecule has 244 valence electrons. The minimum atomic E-state index is -1.13. The highest BCUT2D eigenvalue weighted by Crippen LogP contribution is 2.42. The highest BCUT2D eigenvalue weighted by molar-refractivity contribution is 6.30. The molecule has 3 aromatic rings. The van der Waals surface area contributed by atoms with Gasteiger partial charge in [0.25, 0.3) is 0 Å². The summed E-state index contributed by atoms with van der Waals surface area (Å²) in [5.74, 6) is -0.666. The van der Waals surface area contributed by atoms with Crippen molar-refractivity contribution in [1.82, 2.24) is 19.7 Å². The molecule has 0 bridgehead atoms. The van der Waals surface area contributed by atoms with E-state index in [-0.39, 0.29) is 34.3 Å². The molecular weight excluding hydrogens is 602 g/mol. The Hall–Kier alpha value is -3.57. The molecule has 2 N–H and O–H groups in total. The minimum Gasteiger partial charge on any atom is -0.460 e. The number of anilines is 2. The van der Waals surface area contributed by atoms with E-state index in [4.69, 9.17) is 16.3 Å². The van der Waals surface area contributed by atoms with Crippen LogP contribution >= 0.6 is 11.6 Å². The molecule has 2 atom stereocenters. The fraction of sp³-hybridized carbons (Fsp3) is 0.515. The molecule has 0 saturated carbocycles. The maximum atomic E-state index is 16.0. The SMILES string of the molecule is Cc1cc(Nc2cc(/C=N/O)c(F)c(CC3(C(=O)OC(C)(C)C)CCN(Cc4cccc(Cl)c4F)C(C)C3)n2)n(C(C)(C)C)n1. The van der Waals surface area contributed by atoms with E-state index in [1.165, 1.54) is 12.1 Å². The second-order valence-electron chi connectivity index (χ2n) is 13.9. The third-order valence-corrected chi connectivity index (χ3v) is 8.20. The van der Waals surface area contributed by atoms with Crippen LogP contribution in [-0.4, -0.2) is 55.2 Å². The zero-order valence-corrected chi connectivity index (χ0v) is 28.0. The molecule has 1 aliphatic heterocycles. The summed E-state index contributed by atoms with van der Waals surface area (Å²) in [5.41, 5.74) is -0.974. The molecule has 0 amide bonds. The number of benzene rings is 1. The van der Waals surface area contributed by atoms with Gasteiger partial charge in [-0.3, -0.25) is 9.69 Å². The predicted octanol–water partition coefficient (Wildman–Crippen LogP) is 7.38. The molecule has 12 heteroatoms. The van der Waals surface area contributed by atoms with Crippen LogP contribution < -0.4 is 5.32 Å². The zero-order valence-electron chi connectivity index (χ0n) is 27.2. The van der Waals surface area contributed by atoms with Crippen LogP contribution in [0.4, 0.5) is 20.4 Å². The van der Waals surface area contributed by atoms with Crippen LogP contribution in [0, 0.1) is 24.0 Å². The lowest BCUT2D eigenvalue weighted by Gasteiger charge is -2.45. The Balaban J connectivity index is 1.72. The Kier molecular flexibility index (Phi) is 9.94. The highest BCUT2D eigenvalue weighted by Gasteiger charge is 2.47. The fourth-order valence-electron chi connectivity index (χ4n) is 5.80. The molecule has 2 aromatic heterocycles. The van der Waals surface area contributed by atoms with E-state index in [0.717, 1.165) is 11.9 Å². The van der Waals surface area contributed by atoms with Gasteiger partial charge in [-0.05, 0) is 86.9 Å². The summed E-state index contributed by atoms with van der Waals surface area (Å²) in [6, 6.07) is 8.03. The highest BCUT2D eigenvalue weighted by atomic mass is 35.5. The number of nitrogens with one attached hydrogen (secondary N) is 1. The van der Waals surface area contributed by atoms with Crippen molar-refractivity contribution in [2.45, 2.75) is 98.4 Å². The van der Waals surface area contributed by atoms with E-state index in [1.807, 2.05) is 45.4 Å². The summed E-state index contributed by atoms with van der Waals surface area (Å²) >= 11 is 6.02. The Labute approximate surface area is 268 Å².